The zero-order valence-electron chi connectivity index (χ0n) is 26.6. The van der Waals surface area contributed by atoms with Gasteiger partial charge in [0.15, 0.2) is 5.82 Å². The van der Waals surface area contributed by atoms with E-state index in [1.807, 2.05) is 12.1 Å². The Kier molecular flexibility index (Phi) is 6.18. The Labute approximate surface area is 284 Å². The minimum atomic E-state index is 0.708. The zero-order valence-corrected chi connectivity index (χ0v) is 26.6. The van der Waals surface area contributed by atoms with E-state index in [2.05, 4.69) is 168 Å². The second kappa shape index (κ2) is 11.0. The van der Waals surface area contributed by atoms with Crippen LogP contribution in [0.4, 0.5) is 0 Å². The van der Waals surface area contributed by atoms with Crippen LogP contribution < -0.4 is 0 Å². The summed E-state index contributed by atoms with van der Waals surface area (Å²) in [5.74, 6) is 0.708. The number of para-hydroxylation sites is 3. The van der Waals surface area contributed by atoms with Crippen LogP contribution in [0.3, 0.4) is 0 Å². The predicted octanol–water partition coefficient (Wildman–Crippen LogP) is 11.4. The molecule has 9 aromatic rings. The molecular formula is C46H29N3. The van der Waals surface area contributed by atoms with E-state index in [9.17, 15) is 0 Å². The highest BCUT2D eigenvalue weighted by Gasteiger charge is 2.28. The summed E-state index contributed by atoms with van der Waals surface area (Å²) in [5.41, 5.74) is 14.6. The Morgan fingerprint density at radius 1 is 0.388 bits per heavy atom. The van der Waals surface area contributed by atoms with E-state index in [1.165, 1.54) is 49.6 Å². The maximum atomic E-state index is 5.26. The molecule has 2 aromatic heterocycles. The Bertz CT molecular complexity index is 2740. The molecule has 7 aromatic carbocycles. The van der Waals surface area contributed by atoms with Crippen LogP contribution in [-0.4, -0.2) is 14.5 Å². The Hall–Kier alpha value is -6.58. The van der Waals surface area contributed by atoms with Crippen LogP contribution in [0.1, 0.15) is 22.3 Å². The van der Waals surface area contributed by atoms with Gasteiger partial charge in [-0.25, -0.2) is 9.97 Å². The van der Waals surface area contributed by atoms with Gasteiger partial charge in [0.25, 0.3) is 0 Å². The molecule has 49 heavy (non-hydrogen) atoms. The summed E-state index contributed by atoms with van der Waals surface area (Å²) in [4.78, 5) is 10.4. The van der Waals surface area contributed by atoms with Gasteiger partial charge in [0, 0.05) is 38.4 Å². The molecule has 0 saturated heterocycles. The highest BCUT2D eigenvalue weighted by molar-refractivity contribution is 6.19. The van der Waals surface area contributed by atoms with Gasteiger partial charge in [-0.2, -0.15) is 0 Å². The van der Waals surface area contributed by atoms with Crippen molar-refractivity contribution in [2.45, 2.75) is 0 Å². The fourth-order valence-corrected chi connectivity index (χ4v) is 7.64. The molecule has 0 radical (unpaired) electrons. The van der Waals surface area contributed by atoms with E-state index in [-0.39, 0.29) is 0 Å². The van der Waals surface area contributed by atoms with Crippen LogP contribution in [0.15, 0.2) is 176 Å². The fourth-order valence-electron chi connectivity index (χ4n) is 7.64. The average molecular weight is 624 g/mol. The van der Waals surface area contributed by atoms with E-state index in [0.29, 0.717) is 5.82 Å². The molecule has 0 spiro atoms. The largest absolute Gasteiger partial charge is 0.308 e. The summed E-state index contributed by atoms with van der Waals surface area (Å²) in [7, 11) is 0. The quantitative estimate of drug-likeness (QED) is 0.195. The molecule has 0 bridgehead atoms. The average Bonchev–Trinajstić information content (AvgIpc) is 3.45. The second-order valence-corrected chi connectivity index (χ2v) is 12.5. The van der Waals surface area contributed by atoms with E-state index in [4.69, 9.17) is 9.97 Å². The van der Waals surface area contributed by atoms with Gasteiger partial charge in [0.2, 0.25) is 0 Å². The van der Waals surface area contributed by atoms with Crippen molar-refractivity contribution in [3.63, 3.8) is 0 Å². The van der Waals surface area contributed by atoms with Crippen molar-refractivity contribution in [2.75, 3.05) is 0 Å². The van der Waals surface area contributed by atoms with Gasteiger partial charge in [-0.15, -0.1) is 0 Å². The first kappa shape index (κ1) is 27.5. The summed E-state index contributed by atoms with van der Waals surface area (Å²) >= 11 is 0. The van der Waals surface area contributed by atoms with Gasteiger partial charge >= 0.3 is 0 Å². The lowest BCUT2D eigenvalue weighted by Crippen LogP contribution is -2.01. The molecule has 0 amide bonds. The molecule has 3 heterocycles. The lowest BCUT2D eigenvalue weighted by atomic mass is 9.85. The van der Waals surface area contributed by atoms with Gasteiger partial charge in [0.1, 0.15) is 0 Å². The van der Waals surface area contributed by atoms with Crippen molar-refractivity contribution in [1.29, 1.82) is 0 Å². The Morgan fingerprint density at radius 3 is 1.71 bits per heavy atom. The van der Waals surface area contributed by atoms with Crippen LogP contribution in [0.2, 0.25) is 0 Å². The summed E-state index contributed by atoms with van der Waals surface area (Å²) in [5, 5.41) is 3.51. The van der Waals surface area contributed by atoms with Crippen molar-refractivity contribution in [2.24, 2.45) is 0 Å². The Balaban J connectivity index is 1.34. The third kappa shape index (κ3) is 4.29. The van der Waals surface area contributed by atoms with Crippen LogP contribution in [0, 0.1) is 0 Å². The van der Waals surface area contributed by atoms with Crippen molar-refractivity contribution in [3.8, 4) is 28.3 Å². The molecule has 0 fully saturated rings. The normalized spacial score (nSPS) is 12.4. The van der Waals surface area contributed by atoms with Crippen molar-refractivity contribution in [1.82, 2.24) is 14.5 Å². The molecule has 228 valence electrons. The summed E-state index contributed by atoms with van der Waals surface area (Å²) in [6.07, 6.45) is 0. The third-order valence-electron chi connectivity index (χ3n) is 9.76. The smallest absolute Gasteiger partial charge is 0.160 e. The molecule has 0 atom stereocenters. The van der Waals surface area contributed by atoms with Crippen molar-refractivity contribution in [3.05, 3.63) is 198 Å². The highest BCUT2D eigenvalue weighted by atomic mass is 15.0. The van der Waals surface area contributed by atoms with E-state index in [0.717, 1.165) is 39.0 Å². The molecule has 3 heteroatoms. The van der Waals surface area contributed by atoms with E-state index >= 15 is 0 Å². The number of aromatic nitrogens is 3. The zero-order chi connectivity index (χ0) is 32.3. The number of fused-ring (bicyclic) bond motifs is 6. The fraction of sp³-hybridized carbons (Fsp3) is 0. The second-order valence-electron chi connectivity index (χ2n) is 12.5. The maximum Gasteiger partial charge on any atom is 0.160 e. The standard InChI is InChI=1S/C46H29N3/c1-4-15-30(16-5-1)42-37-28-27-33(46-47-39-25-12-10-22-36(39)44(48-46)32-19-8-3-9-20-32)29-41(37)49-40-26-13-11-21-34(40)35-23-14-24-38(45(35)49)43(42)31-17-6-2-7-18-31/h1-29H. The van der Waals surface area contributed by atoms with Crippen molar-refractivity contribution < 1.29 is 0 Å². The van der Waals surface area contributed by atoms with Gasteiger partial charge in [-0.1, -0.05) is 158 Å². The first-order valence-corrected chi connectivity index (χ1v) is 16.7. The molecule has 1 aliphatic rings. The lowest BCUT2D eigenvalue weighted by Gasteiger charge is -2.19. The molecule has 0 saturated carbocycles. The molecule has 0 unspecified atom stereocenters. The first-order chi connectivity index (χ1) is 24.3. The van der Waals surface area contributed by atoms with Gasteiger partial charge in [-0.3, -0.25) is 0 Å². The maximum absolute atomic E-state index is 5.26. The summed E-state index contributed by atoms with van der Waals surface area (Å²) < 4.78 is 2.47. The van der Waals surface area contributed by atoms with Crippen LogP contribution in [0.25, 0.3) is 72.2 Å². The topological polar surface area (TPSA) is 30.7 Å². The summed E-state index contributed by atoms with van der Waals surface area (Å²) in [6.45, 7) is 0. The first-order valence-electron chi connectivity index (χ1n) is 16.7. The molecule has 0 N–H and O–H groups in total. The number of hydrogen-bond donors (Lipinski definition) is 0. The van der Waals surface area contributed by atoms with Crippen LogP contribution in [0.5, 0.6) is 0 Å². The van der Waals surface area contributed by atoms with Gasteiger partial charge in [0.05, 0.1) is 27.9 Å². The van der Waals surface area contributed by atoms with E-state index in [1.54, 1.807) is 0 Å². The predicted molar refractivity (Wildman–Crippen MR) is 203 cm³/mol. The SMILES string of the molecule is c1ccc(C2=C(c3ccccc3)c3cccc4c5ccccc5n(c34)-c3cc(-c4nc(-c5ccccc5)c5ccccc5n4)ccc32)cc1. The number of hydrogen-bond acceptors (Lipinski definition) is 2. The number of nitrogens with zero attached hydrogens (tertiary/aromatic N) is 3. The molecular weight excluding hydrogens is 595 g/mol. The Morgan fingerprint density at radius 2 is 0.980 bits per heavy atom. The minimum Gasteiger partial charge on any atom is -0.308 e. The molecule has 3 nitrogen and oxygen atoms in total. The highest BCUT2D eigenvalue weighted by Crippen LogP contribution is 2.48. The van der Waals surface area contributed by atoms with Crippen LogP contribution >= 0.6 is 0 Å². The monoisotopic (exact) mass is 623 g/mol. The number of rotatable bonds is 4. The van der Waals surface area contributed by atoms with Crippen LogP contribution in [-0.2, 0) is 0 Å². The molecule has 10 rings (SSSR count). The third-order valence-corrected chi connectivity index (χ3v) is 9.76. The number of benzene rings is 7. The summed E-state index contributed by atoms with van der Waals surface area (Å²) in [6, 6.07) is 62.6. The molecule has 0 aliphatic carbocycles. The van der Waals surface area contributed by atoms with Gasteiger partial charge in [-0.05, 0) is 40.5 Å². The minimum absolute atomic E-state index is 0.708. The lowest BCUT2D eigenvalue weighted by molar-refractivity contribution is 1.16. The van der Waals surface area contributed by atoms with Crippen molar-refractivity contribution >= 4 is 43.9 Å². The van der Waals surface area contributed by atoms with E-state index < -0.39 is 0 Å². The van der Waals surface area contributed by atoms with Gasteiger partial charge < -0.3 is 4.57 Å². The molecule has 1 aliphatic heterocycles.